The van der Waals surface area contributed by atoms with Gasteiger partial charge in [-0.25, -0.2) is 0 Å². The van der Waals surface area contributed by atoms with Crippen LogP contribution in [0, 0.1) is 0 Å². The molecule has 1 amide bonds. The number of nitrogens with two attached hydrogens (primary N) is 1. The maximum Gasteiger partial charge on any atom is 0.293 e. The van der Waals surface area contributed by atoms with Gasteiger partial charge < -0.3 is 24.7 Å². The monoisotopic (exact) mass is 475 g/mol. The maximum absolute atomic E-state index is 13.8. The highest BCUT2D eigenvalue weighted by molar-refractivity contribution is 6.35. The molecule has 32 heavy (non-hydrogen) atoms. The van der Waals surface area contributed by atoms with Crippen LogP contribution < -0.4 is 10.6 Å². The van der Waals surface area contributed by atoms with Crippen molar-refractivity contribution in [2.24, 2.45) is 0 Å². The third-order valence-electron chi connectivity index (χ3n) is 6.60. The number of oxazole rings is 1. The number of methoxy groups -OCH3 is 1. The van der Waals surface area contributed by atoms with E-state index in [0.717, 1.165) is 16.8 Å². The Labute approximate surface area is 195 Å². The van der Waals surface area contributed by atoms with Gasteiger partial charge in [-0.3, -0.25) is 9.78 Å². The smallest absolute Gasteiger partial charge is 0.293 e. The van der Waals surface area contributed by atoms with Gasteiger partial charge in [0.1, 0.15) is 11.2 Å². The van der Waals surface area contributed by atoms with E-state index in [0.29, 0.717) is 53.6 Å². The molecule has 1 saturated heterocycles. The predicted molar refractivity (Wildman–Crippen MR) is 123 cm³/mol. The molecule has 1 fully saturated rings. The van der Waals surface area contributed by atoms with Crippen molar-refractivity contribution in [2.45, 2.75) is 31.4 Å². The number of ether oxygens (including phenoxy) is 1. The number of amides is 1. The average molecular weight is 476 g/mol. The second-order valence-corrected chi connectivity index (χ2v) is 9.16. The molecule has 2 N–H and O–H groups in total. The normalized spacial score (nSPS) is 23.1. The summed E-state index contributed by atoms with van der Waals surface area (Å²) >= 11 is 12.7. The van der Waals surface area contributed by atoms with E-state index >= 15 is 0 Å². The summed E-state index contributed by atoms with van der Waals surface area (Å²) in [6.07, 6.45) is 4.53. The Bertz CT molecular complexity index is 1220. The van der Waals surface area contributed by atoms with Crippen molar-refractivity contribution < 1.29 is 13.9 Å². The minimum Gasteiger partial charge on any atom is -0.421 e. The Morgan fingerprint density at radius 2 is 2.12 bits per heavy atom. The molecular formula is C22H23Cl2N5O3. The van der Waals surface area contributed by atoms with E-state index in [1.165, 1.54) is 0 Å². The standard InChI is InChI=1S/C22H23Cl2N5O3/c1-12-18-13(7-14(23)8-15(18)24)3-5-29(12)20(30)22(31-2)4-6-28(11-22)17-10-26-9-16-19(17)32-21(25)27-16/h7-10,12H,3-6,11H2,1-2H3,(H2,25,27)/t12-,22?/m0/s1. The summed E-state index contributed by atoms with van der Waals surface area (Å²) in [5.41, 5.74) is 8.65. The Balaban J connectivity index is 1.44. The SMILES string of the molecule is COC1(C(=O)N2CCc3cc(Cl)cc(Cl)c3[C@@H]2C)CCN(c2cncc3nc(N)oc23)C1. The van der Waals surface area contributed by atoms with Crippen molar-refractivity contribution in [1.82, 2.24) is 14.9 Å². The Morgan fingerprint density at radius 3 is 2.91 bits per heavy atom. The number of fused-ring (bicyclic) bond motifs is 2. The van der Waals surface area contributed by atoms with Gasteiger partial charge >= 0.3 is 0 Å². The number of carbonyl (C=O) groups is 1. The summed E-state index contributed by atoms with van der Waals surface area (Å²) in [7, 11) is 1.59. The lowest BCUT2D eigenvalue weighted by Gasteiger charge is -2.40. The molecule has 168 valence electrons. The third kappa shape index (κ3) is 3.29. The highest BCUT2D eigenvalue weighted by Gasteiger charge is 2.49. The van der Waals surface area contributed by atoms with Crippen LogP contribution in [0.15, 0.2) is 28.9 Å². The minimum absolute atomic E-state index is 0.0520. The lowest BCUT2D eigenvalue weighted by molar-refractivity contribution is -0.155. The average Bonchev–Trinajstić information content (AvgIpc) is 3.36. The fourth-order valence-corrected chi connectivity index (χ4v) is 5.63. The molecule has 5 rings (SSSR count). The van der Waals surface area contributed by atoms with E-state index in [1.54, 1.807) is 25.6 Å². The number of halogens is 2. The van der Waals surface area contributed by atoms with Crippen LogP contribution in [0.4, 0.5) is 11.7 Å². The Morgan fingerprint density at radius 1 is 1.31 bits per heavy atom. The molecule has 2 aliphatic rings. The zero-order chi connectivity index (χ0) is 22.6. The fraction of sp³-hybridized carbons (Fsp3) is 0.409. The molecule has 4 heterocycles. The first-order valence-electron chi connectivity index (χ1n) is 10.4. The van der Waals surface area contributed by atoms with Gasteiger partial charge in [-0.2, -0.15) is 4.98 Å². The zero-order valence-electron chi connectivity index (χ0n) is 17.8. The molecule has 2 aromatic heterocycles. The molecule has 1 aromatic carbocycles. The van der Waals surface area contributed by atoms with E-state index in [-0.39, 0.29) is 18.0 Å². The van der Waals surface area contributed by atoms with Gasteiger partial charge in [-0.15, -0.1) is 0 Å². The summed E-state index contributed by atoms with van der Waals surface area (Å²) < 4.78 is 11.5. The number of benzene rings is 1. The zero-order valence-corrected chi connectivity index (χ0v) is 19.3. The van der Waals surface area contributed by atoms with Crippen LogP contribution in [0.2, 0.25) is 10.0 Å². The second-order valence-electron chi connectivity index (χ2n) is 8.31. The van der Waals surface area contributed by atoms with Gasteiger partial charge in [0.15, 0.2) is 11.2 Å². The Hall–Kier alpha value is -2.55. The van der Waals surface area contributed by atoms with Crippen LogP contribution in [0.25, 0.3) is 11.1 Å². The van der Waals surface area contributed by atoms with Crippen LogP contribution in [0.3, 0.4) is 0 Å². The molecule has 2 aliphatic heterocycles. The van der Waals surface area contributed by atoms with Crippen molar-refractivity contribution >= 4 is 51.9 Å². The number of hydrogen-bond acceptors (Lipinski definition) is 7. The summed E-state index contributed by atoms with van der Waals surface area (Å²) in [4.78, 5) is 26.1. The number of carbonyl (C=O) groups excluding carboxylic acids is 1. The fourth-order valence-electron chi connectivity index (χ4n) is 4.94. The number of rotatable bonds is 3. The minimum atomic E-state index is -0.988. The summed E-state index contributed by atoms with van der Waals surface area (Å²) in [6, 6.07) is 3.56. The molecule has 0 radical (unpaired) electrons. The number of pyridine rings is 1. The molecule has 2 atom stereocenters. The van der Waals surface area contributed by atoms with Gasteiger partial charge in [0.25, 0.3) is 11.9 Å². The molecule has 1 unspecified atom stereocenters. The highest BCUT2D eigenvalue weighted by atomic mass is 35.5. The summed E-state index contributed by atoms with van der Waals surface area (Å²) in [5, 5.41) is 1.19. The van der Waals surface area contributed by atoms with Crippen LogP contribution in [0.5, 0.6) is 0 Å². The molecular weight excluding hydrogens is 453 g/mol. The molecule has 10 heteroatoms. The van der Waals surface area contributed by atoms with Gasteiger partial charge in [-0.05, 0) is 36.6 Å². The van der Waals surface area contributed by atoms with Crippen molar-refractivity contribution in [3.63, 3.8) is 0 Å². The summed E-state index contributed by atoms with van der Waals surface area (Å²) in [6.45, 7) is 3.54. The number of nitrogen functional groups attached to an aromatic ring is 1. The molecule has 0 saturated carbocycles. The van der Waals surface area contributed by atoms with Crippen LogP contribution in [-0.4, -0.2) is 53.1 Å². The van der Waals surface area contributed by atoms with Crippen molar-refractivity contribution in [3.8, 4) is 0 Å². The van der Waals surface area contributed by atoms with Gasteiger partial charge in [0.05, 0.1) is 25.0 Å². The number of anilines is 2. The largest absolute Gasteiger partial charge is 0.421 e. The number of aromatic nitrogens is 2. The van der Waals surface area contributed by atoms with Crippen LogP contribution in [0.1, 0.15) is 30.5 Å². The molecule has 0 aliphatic carbocycles. The van der Waals surface area contributed by atoms with Crippen LogP contribution in [-0.2, 0) is 16.0 Å². The third-order valence-corrected chi connectivity index (χ3v) is 7.13. The first kappa shape index (κ1) is 21.3. The Kier molecular flexibility index (Phi) is 5.19. The van der Waals surface area contributed by atoms with E-state index in [1.807, 2.05) is 22.8 Å². The topological polar surface area (TPSA) is 97.7 Å². The van der Waals surface area contributed by atoms with Crippen molar-refractivity contribution in [3.05, 3.63) is 45.7 Å². The molecule has 3 aromatic rings. The van der Waals surface area contributed by atoms with Crippen molar-refractivity contribution in [1.29, 1.82) is 0 Å². The summed E-state index contributed by atoms with van der Waals surface area (Å²) in [5.74, 6) is -0.0520. The highest BCUT2D eigenvalue weighted by Crippen LogP contribution is 2.40. The van der Waals surface area contributed by atoms with E-state index < -0.39 is 5.60 Å². The van der Waals surface area contributed by atoms with Gasteiger partial charge in [0, 0.05) is 36.7 Å². The predicted octanol–water partition coefficient (Wildman–Crippen LogP) is 3.85. The quantitative estimate of drug-likeness (QED) is 0.613. The molecule has 8 nitrogen and oxygen atoms in total. The first-order chi connectivity index (χ1) is 15.3. The molecule has 0 bridgehead atoms. The number of hydrogen-bond donors (Lipinski definition) is 1. The van der Waals surface area contributed by atoms with E-state index in [2.05, 4.69) is 9.97 Å². The van der Waals surface area contributed by atoms with Gasteiger partial charge in [0.2, 0.25) is 0 Å². The van der Waals surface area contributed by atoms with Gasteiger partial charge in [-0.1, -0.05) is 23.2 Å². The molecule has 0 spiro atoms. The first-order valence-corrected chi connectivity index (χ1v) is 11.2. The number of nitrogens with zero attached hydrogens (tertiary/aromatic N) is 4. The van der Waals surface area contributed by atoms with E-state index in [4.69, 9.17) is 38.1 Å². The maximum atomic E-state index is 13.8. The van der Waals surface area contributed by atoms with E-state index in [9.17, 15) is 4.79 Å². The lowest BCUT2D eigenvalue weighted by atomic mass is 9.91. The van der Waals surface area contributed by atoms with Crippen LogP contribution >= 0.6 is 23.2 Å². The second kappa shape index (κ2) is 7.79. The lowest BCUT2D eigenvalue weighted by Crippen LogP contribution is -2.54. The van der Waals surface area contributed by atoms with Crippen molar-refractivity contribution in [2.75, 3.05) is 37.4 Å².